The number of aliphatic hydroxyl groups is 1. The second-order valence-electron chi connectivity index (χ2n) is 9.04. The van der Waals surface area contributed by atoms with Gasteiger partial charge in [-0.15, -0.1) is 0 Å². The maximum atomic E-state index is 13.5. The van der Waals surface area contributed by atoms with Crippen LogP contribution in [0.4, 0.5) is 4.39 Å². The fraction of sp³-hybridized carbons (Fsp3) is 0.133. The van der Waals surface area contributed by atoms with Gasteiger partial charge in [0, 0.05) is 18.5 Å². The summed E-state index contributed by atoms with van der Waals surface area (Å²) in [4.78, 5) is 28.3. The smallest absolute Gasteiger partial charge is 0.295 e. The Hall–Kier alpha value is -4.45. The van der Waals surface area contributed by atoms with E-state index in [2.05, 4.69) is 0 Å². The second kappa shape index (κ2) is 8.64. The molecule has 5 nitrogen and oxygen atoms in total. The molecule has 178 valence electrons. The topological polar surface area (TPSA) is 66.8 Å². The lowest BCUT2D eigenvalue weighted by Gasteiger charge is -2.26. The van der Waals surface area contributed by atoms with Gasteiger partial charge in [-0.25, -0.2) is 4.39 Å². The van der Waals surface area contributed by atoms with Crippen molar-refractivity contribution in [2.45, 2.75) is 19.0 Å². The predicted octanol–water partition coefficient (Wildman–Crippen LogP) is 5.54. The van der Waals surface area contributed by atoms with E-state index in [-0.39, 0.29) is 23.7 Å². The van der Waals surface area contributed by atoms with Crippen molar-refractivity contribution < 1.29 is 23.8 Å². The van der Waals surface area contributed by atoms with Crippen molar-refractivity contribution in [3.63, 3.8) is 0 Å². The van der Waals surface area contributed by atoms with Gasteiger partial charge in [0.15, 0.2) is 0 Å². The monoisotopic (exact) mass is 479 g/mol. The molecule has 2 aliphatic heterocycles. The van der Waals surface area contributed by atoms with Crippen LogP contribution in [0.25, 0.3) is 16.5 Å². The van der Waals surface area contributed by atoms with Crippen molar-refractivity contribution in [1.82, 2.24) is 4.90 Å². The molecule has 0 bridgehead atoms. The number of hydrogen-bond donors (Lipinski definition) is 1. The van der Waals surface area contributed by atoms with Crippen LogP contribution in [0.2, 0.25) is 0 Å². The number of carbonyl (C=O) groups is 2. The summed E-state index contributed by atoms with van der Waals surface area (Å²) in [7, 11) is 0. The van der Waals surface area contributed by atoms with Crippen molar-refractivity contribution in [2.24, 2.45) is 0 Å². The van der Waals surface area contributed by atoms with Gasteiger partial charge in [-0.1, -0.05) is 54.6 Å². The number of fused-ring (bicyclic) bond motifs is 2. The first-order valence-corrected chi connectivity index (χ1v) is 11.8. The molecule has 4 aromatic carbocycles. The Balaban J connectivity index is 1.54. The van der Waals surface area contributed by atoms with Crippen LogP contribution in [-0.4, -0.2) is 28.3 Å². The third kappa shape index (κ3) is 3.62. The Labute approximate surface area is 207 Å². The van der Waals surface area contributed by atoms with Crippen molar-refractivity contribution in [2.75, 3.05) is 6.61 Å². The summed E-state index contributed by atoms with van der Waals surface area (Å²) in [6.45, 7) is 0.658. The molecule has 0 spiro atoms. The van der Waals surface area contributed by atoms with E-state index in [4.69, 9.17) is 4.74 Å². The molecule has 1 amide bonds. The van der Waals surface area contributed by atoms with Gasteiger partial charge < -0.3 is 14.7 Å². The molecular weight excluding hydrogens is 457 g/mol. The first-order valence-electron chi connectivity index (χ1n) is 11.8. The fourth-order valence-corrected chi connectivity index (χ4v) is 5.13. The quantitative estimate of drug-likeness (QED) is 0.237. The fourth-order valence-electron chi connectivity index (χ4n) is 5.13. The molecule has 36 heavy (non-hydrogen) atoms. The highest BCUT2D eigenvalue weighted by Gasteiger charge is 2.46. The van der Waals surface area contributed by atoms with Gasteiger partial charge in [-0.2, -0.15) is 0 Å². The number of ether oxygens (including phenoxy) is 1. The van der Waals surface area contributed by atoms with Crippen LogP contribution in [0.3, 0.4) is 0 Å². The number of benzene rings is 4. The molecule has 0 radical (unpaired) electrons. The van der Waals surface area contributed by atoms with Crippen LogP contribution in [0.5, 0.6) is 5.75 Å². The molecule has 0 aliphatic carbocycles. The van der Waals surface area contributed by atoms with E-state index in [1.807, 2.05) is 48.5 Å². The third-order valence-corrected chi connectivity index (χ3v) is 6.89. The second-order valence-corrected chi connectivity index (χ2v) is 9.04. The van der Waals surface area contributed by atoms with Crippen LogP contribution in [0.1, 0.15) is 28.3 Å². The van der Waals surface area contributed by atoms with Gasteiger partial charge >= 0.3 is 0 Å². The highest BCUT2D eigenvalue weighted by atomic mass is 19.1. The lowest BCUT2D eigenvalue weighted by molar-refractivity contribution is -0.140. The SMILES string of the molecule is O=C1C(=O)N(Cc2ccc(F)cc2)C(c2cccc3ccccc23)/C1=C(/O)c1ccc2c(c1)CCO2. The number of halogens is 1. The summed E-state index contributed by atoms with van der Waals surface area (Å²) >= 11 is 0. The first-order chi connectivity index (χ1) is 17.5. The average Bonchev–Trinajstić information content (AvgIpc) is 3.47. The number of ketones is 1. The molecule has 1 saturated heterocycles. The first kappa shape index (κ1) is 22.0. The Kier molecular flexibility index (Phi) is 5.29. The van der Waals surface area contributed by atoms with Crippen LogP contribution in [0, 0.1) is 5.82 Å². The highest BCUT2D eigenvalue weighted by Crippen LogP contribution is 2.43. The molecule has 1 N–H and O–H groups in total. The van der Waals surface area contributed by atoms with Crippen molar-refractivity contribution in [1.29, 1.82) is 0 Å². The molecule has 6 rings (SSSR count). The number of likely N-dealkylation sites (tertiary alicyclic amines) is 1. The Morgan fingerprint density at radius 3 is 2.58 bits per heavy atom. The number of aliphatic hydroxyl groups excluding tert-OH is 1. The summed E-state index contributed by atoms with van der Waals surface area (Å²) < 4.78 is 19.1. The lowest BCUT2D eigenvalue weighted by atomic mass is 9.91. The molecule has 1 unspecified atom stereocenters. The number of nitrogens with zero attached hydrogens (tertiary/aromatic N) is 1. The van der Waals surface area contributed by atoms with E-state index in [9.17, 15) is 19.1 Å². The zero-order valence-corrected chi connectivity index (χ0v) is 19.3. The minimum absolute atomic E-state index is 0.0392. The molecule has 0 aromatic heterocycles. The summed E-state index contributed by atoms with van der Waals surface area (Å²) in [5.74, 6) is -1.30. The number of carbonyl (C=O) groups excluding carboxylic acids is 2. The van der Waals surface area contributed by atoms with E-state index >= 15 is 0 Å². The van der Waals surface area contributed by atoms with Crippen LogP contribution >= 0.6 is 0 Å². The molecule has 6 heteroatoms. The molecule has 2 aliphatic rings. The summed E-state index contributed by atoms with van der Waals surface area (Å²) in [6, 6.07) is 23.8. The predicted molar refractivity (Wildman–Crippen MR) is 134 cm³/mol. The summed E-state index contributed by atoms with van der Waals surface area (Å²) in [5, 5.41) is 13.3. The maximum absolute atomic E-state index is 13.5. The zero-order valence-electron chi connectivity index (χ0n) is 19.3. The standard InChI is InChI=1S/C30H22FNO4/c31-22-11-8-18(9-12-22)17-32-27(24-7-3-5-19-4-1-2-6-23(19)24)26(29(34)30(32)35)28(33)21-10-13-25-20(16-21)14-15-36-25/h1-13,16,27,33H,14-15,17H2/b28-26-. The van der Waals surface area contributed by atoms with Gasteiger partial charge in [0.2, 0.25) is 0 Å². The van der Waals surface area contributed by atoms with Gasteiger partial charge in [0.25, 0.3) is 11.7 Å². The van der Waals surface area contributed by atoms with Gasteiger partial charge in [-0.05, 0) is 57.8 Å². The number of rotatable bonds is 4. The molecular formula is C30H22FNO4. The van der Waals surface area contributed by atoms with E-state index in [1.54, 1.807) is 24.3 Å². The Morgan fingerprint density at radius 2 is 1.75 bits per heavy atom. The van der Waals surface area contributed by atoms with E-state index < -0.39 is 17.7 Å². The summed E-state index contributed by atoms with van der Waals surface area (Å²) in [6.07, 6.45) is 0.710. The van der Waals surface area contributed by atoms with Crippen molar-refractivity contribution in [3.05, 3.63) is 119 Å². The Bertz CT molecular complexity index is 1550. The van der Waals surface area contributed by atoms with Crippen molar-refractivity contribution in [3.8, 4) is 5.75 Å². The largest absolute Gasteiger partial charge is 0.507 e. The normalized spacial score (nSPS) is 18.5. The molecule has 1 fully saturated rings. The minimum Gasteiger partial charge on any atom is -0.507 e. The molecule has 0 saturated carbocycles. The number of amides is 1. The van der Waals surface area contributed by atoms with E-state index in [1.165, 1.54) is 17.0 Å². The van der Waals surface area contributed by atoms with Gasteiger partial charge in [0.1, 0.15) is 17.3 Å². The van der Waals surface area contributed by atoms with Crippen LogP contribution < -0.4 is 4.74 Å². The number of Topliss-reactive ketones (excluding diaryl/α,β-unsaturated/α-hetero) is 1. The summed E-state index contributed by atoms with van der Waals surface area (Å²) in [5.41, 5.74) is 2.86. The zero-order chi connectivity index (χ0) is 24.8. The Morgan fingerprint density at radius 1 is 0.972 bits per heavy atom. The van der Waals surface area contributed by atoms with Crippen molar-refractivity contribution >= 4 is 28.2 Å². The molecule has 2 heterocycles. The van der Waals surface area contributed by atoms with Crippen LogP contribution in [-0.2, 0) is 22.6 Å². The maximum Gasteiger partial charge on any atom is 0.295 e. The molecule has 1 atom stereocenters. The highest BCUT2D eigenvalue weighted by molar-refractivity contribution is 6.46. The van der Waals surface area contributed by atoms with Crippen LogP contribution in [0.15, 0.2) is 90.5 Å². The van der Waals surface area contributed by atoms with E-state index in [0.29, 0.717) is 24.2 Å². The minimum atomic E-state index is -0.814. The average molecular weight is 480 g/mol. The van der Waals surface area contributed by atoms with Gasteiger partial charge in [0.05, 0.1) is 18.2 Å². The lowest BCUT2D eigenvalue weighted by Crippen LogP contribution is -2.29. The number of hydrogen-bond acceptors (Lipinski definition) is 4. The molecule has 4 aromatic rings. The third-order valence-electron chi connectivity index (χ3n) is 6.89. The van der Waals surface area contributed by atoms with E-state index in [0.717, 1.165) is 27.6 Å². The van der Waals surface area contributed by atoms with Gasteiger partial charge in [-0.3, -0.25) is 9.59 Å².